The zero-order valence-electron chi connectivity index (χ0n) is 13.5. The number of halogens is 1. The Kier molecular flexibility index (Phi) is 5.59. The van der Waals surface area contributed by atoms with Crippen LogP contribution in [-0.2, 0) is 6.42 Å². The maximum Gasteiger partial charge on any atom is 0.146 e. The molecular formula is C17H28FN3. The number of nitrogens with zero attached hydrogens (tertiary/aromatic N) is 2. The van der Waals surface area contributed by atoms with E-state index >= 15 is 0 Å². The minimum Gasteiger partial charge on any atom is -0.372 e. The highest BCUT2D eigenvalue weighted by molar-refractivity contribution is 5.54. The van der Waals surface area contributed by atoms with E-state index in [1.807, 2.05) is 13.1 Å². The highest BCUT2D eigenvalue weighted by Gasteiger charge is 2.23. The van der Waals surface area contributed by atoms with Crippen LogP contribution in [0.2, 0.25) is 0 Å². The van der Waals surface area contributed by atoms with Gasteiger partial charge < -0.3 is 15.5 Å². The Bertz CT molecular complexity index is 463. The number of hydrogen-bond acceptors (Lipinski definition) is 3. The lowest BCUT2D eigenvalue weighted by Gasteiger charge is -2.26. The van der Waals surface area contributed by atoms with Crippen LogP contribution in [0.4, 0.5) is 10.1 Å². The fourth-order valence-electron chi connectivity index (χ4n) is 3.23. The average Bonchev–Trinajstić information content (AvgIpc) is 2.83. The molecule has 1 aromatic carbocycles. The summed E-state index contributed by atoms with van der Waals surface area (Å²) in [6.07, 6.45) is 2.84. The fraction of sp³-hybridized carbons (Fsp3) is 0.647. The van der Waals surface area contributed by atoms with Crippen LogP contribution in [0.5, 0.6) is 0 Å². The van der Waals surface area contributed by atoms with Gasteiger partial charge in [0.05, 0.1) is 5.69 Å². The normalized spacial score (nSPS) is 20.7. The monoisotopic (exact) mass is 293 g/mol. The zero-order valence-corrected chi connectivity index (χ0v) is 13.5. The van der Waals surface area contributed by atoms with Crippen LogP contribution in [0.25, 0.3) is 0 Å². The summed E-state index contributed by atoms with van der Waals surface area (Å²) >= 11 is 0. The first-order valence-corrected chi connectivity index (χ1v) is 7.93. The molecule has 0 radical (unpaired) electrons. The van der Waals surface area contributed by atoms with Crippen LogP contribution in [0.1, 0.15) is 25.3 Å². The molecule has 0 spiro atoms. The first kappa shape index (κ1) is 16.2. The predicted molar refractivity (Wildman–Crippen MR) is 87.2 cm³/mol. The van der Waals surface area contributed by atoms with Gasteiger partial charge in [-0.05, 0) is 50.4 Å². The van der Waals surface area contributed by atoms with Gasteiger partial charge in [-0.25, -0.2) is 4.39 Å². The van der Waals surface area contributed by atoms with Crippen molar-refractivity contribution in [2.45, 2.75) is 32.2 Å². The lowest BCUT2D eigenvalue weighted by atomic mass is 10.0. The Labute approximate surface area is 127 Å². The number of benzene rings is 1. The standard InChI is InChI=1S/C17H28FN3/c1-4-15(19)10-14-6-5-7-16(18)17(14)21(3)12-13-8-9-20(2)11-13/h5-7,13,15H,4,8-12,19H2,1-3H3. The molecule has 0 bridgehead atoms. The summed E-state index contributed by atoms with van der Waals surface area (Å²) < 4.78 is 14.3. The number of likely N-dealkylation sites (tertiary alicyclic amines) is 1. The molecule has 21 heavy (non-hydrogen) atoms. The van der Waals surface area contributed by atoms with Gasteiger partial charge >= 0.3 is 0 Å². The van der Waals surface area contributed by atoms with Crippen LogP contribution in [-0.4, -0.2) is 44.7 Å². The molecule has 0 saturated carbocycles. The maximum atomic E-state index is 14.3. The average molecular weight is 293 g/mol. The van der Waals surface area contributed by atoms with Crippen molar-refractivity contribution in [2.75, 3.05) is 38.6 Å². The summed E-state index contributed by atoms with van der Waals surface area (Å²) in [5, 5.41) is 0. The summed E-state index contributed by atoms with van der Waals surface area (Å²) in [7, 11) is 4.15. The van der Waals surface area contributed by atoms with E-state index in [0.29, 0.717) is 5.92 Å². The Balaban J connectivity index is 2.13. The Morgan fingerprint density at radius 1 is 1.48 bits per heavy atom. The third-order valence-corrected chi connectivity index (χ3v) is 4.48. The molecule has 0 aromatic heterocycles. The third kappa shape index (κ3) is 4.17. The largest absolute Gasteiger partial charge is 0.372 e. The molecule has 1 aliphatic rings. The molecule has 0 aliphatic carbocycles. The number of nitrogens with two attached hydrogens (primary N) is 1. The van der Waals surface area contributed by atoms with Crippen molar-refractivity contribution in [1.29, 1.82) is 0 Å². The van der Waals surface area contributed by atoms with E-state index < -0.39 is 0 Å². The molecule has 4 heteroatoms. The molecule has 118 valence electrons. The fourth-order valence-corrected chi connectivity index (χ4v) is 3.23. The smallest absolute Gasteiger partial charge is 0.146 e. The van der Waals surface area contributed by atoms with Crippen molar-refractivity contribution in [3.8, 4) is 0 Å². The molecule has 0 amide bonds. The third-order valence-electron chi connectivity index (χ3n) is 4.48. The minimum atomic E-state index is -0.135. The van der Waals surface area contributed by atoms with Gasteiger partial charge in [-0.3, -0.25) is 0 Å². The quantitative estimate of drug-likeness (QED) is 0.874. The van der Waals surface area contributed by atoms with E-state index in [1.54, 1.807) is 12.1 Å². The lowest BCUT2D eigenvalue weighted by molar-refractivity contribution is 0.395. The van der Waals surface area contributed by atoms with Crippen LogP contribution < -0.4 is 10.6 Å². The maximum absolute atomic E-state index is 14.3. The molecule has 1 aromatic rings. The van der Waals surface area contributed by atoms with E-state index in [9.17, 15) is 4.39 Å². The highest BCUT2D eigenvalue weighted by atomic mass is 19.1. The molecular weight excluding hydrogens is 265 g/mol. The summed E-state index contributed by atoms with van der Waals surface area (Å²) in [5.41, 5.74) is 7.82. The van der Waals surface area contributed by atoms with Gasteiger partial charge in [-0.2, -0.15) is 0 Å². The van der Waals surface area contributed by atoms with E-state index in [0.717, 1.165) is 43.7 Å². The van der Waals surface area contributed by atoms with Crippen molar-refractivity contribution in [1.82, 2.24) is 4.90 Å². The molecule has 1 aliphatic heterocycles. The lowest BCUT2D eigenvalue weighted by Crippen LogP contribution is -2.30. The molecule has 2 atom stereocenters. The summed E-state index contributed by atoms with van der Waals surface area (Å²) in [6.45, 7) is 5.22. The Morgan fingerprint density at radius 3 is 2.86 bits per heavy atom. The highest BCUT2D eigenvalue weighted by Crippen LogP contribution is 2.27. The van der Waals surface area contributed by atoms with Crippen LogP contribution >= 0.6 is 0 Å². The van der Waals surface area contributed by atoms with E-state index in [4.69, 9.17) is 5.73 Å². The topological polar surface area (TPSA) is 32.5 Å². The number of hydrogen-bond donors (Lipinski definition) is 1. The Morgan fingerprint density at radius 2 is 2.24 bits per heavy atom. The van der Waals surface area contributed by atoms with E-state index in [-0.39, 0.29) is 11.9 Å². The van der Waals surface area contributed by atoms with Crippen molar-refractivity contribution < 1.29 is 4.39 Å². The second-order valence-electron chi connectivity index (χ2n) is 6.42. The van der Waals surface area contributed by atoms with Crippen molar-refractivity contribution in [3.63, 3.8) is 0 Å². The van der Waals surface area contributed by atoms with Gasteiger partial charge in [-0.1, -0.05) is 19.1 Å². The molecule has 3 nitrogen and oxygen atoms in total. The summed E-state index contributed by atoms with van der Waals surface area (Å²) in [4.78, 5) is 4.42. The molecule has 1 fully saturated rings. The number of para-hydroxylation sites is 1. The molecule has 2 rings (SSSR count). The van der Waals surface area contributed by atoms with Crippen LogP contribution in [0, 0.1) is 11.7 Å². The Hall–Kier alpha value is -1.13. The SMILES string of the molecule is CCC(N)Cc1cccc(F)c1N(C)CC1CCN(C)C1. The van der Waals surface area contributed by atoms with Crippen molar-refractivity contribution in [2.24, 2.45) is 11.7 Å². The summed E-state index contributed by atoms with van der Waals surface area (Å²) in [5.74, 6) is 0.483. The van der Waals surface area contributed by atoms with Gasteiger partial charge in [0.25, 0.3) is 0 Å². The van der Waals surface area contributed by atoms with Gasteiger partial charge in [0.1, 0.15) is 5.82 Å². The van der Waals surface area contributed by atoms with Crippen molar-refractivity contribution in [3.05, 3.63) is 29.6 Å². The predicted octanol–water partition coefficient (Wildman–Crippen LogP) is 2.49. The number of rotatable bonds is 6. The minimum absolute atomic E-state index is 0.0940. The van der Waals surface area contributed by atoms with Crippen LogP contribution in [0.15, 0.2) is 18.2 Å². The van der Waals surface area contributed by atoms with Crippen LogP contribution in [0.3, 0.4) is 0 Å². The number of anilines is 1. The van der Waals surface area contributed by atoms with E-state index in [1.165, 1.54) is 6.42 Å². The second-order valence-corrected chi connectivity index (χ2v) is 6.42. The molecule has 1 saturated heterocycles. The van der Waals surface area contributed by atoms with Gasteiger partial charge in [0.2, 0.25) is 0 Å². The first-order valence-electron chi connectivity index (χ1n) is 7.93. The van der Waals surface area contributed by atoms with Crippen molar-refractivity contribution >= 4 is 5.69 Å². The first-order chi connectivity index (χ1) is 10.0. The van der Waals surface area contributed by atoms with Gasteiger partial charge in [0.15, 0.2) is 0 Å². The van der Waals surface area contributed by atoms with Gasteiger partial charge in [-0.15, -0.1) is 0 Å². The molecule has 1 heterocycles. The summed E-state index contributed by atoms with van der Waals surface area (Å²) in [6, 6.07) is 5.43. The molecule has 2 unspecified atom stereocenters. The van der Waals surface area contributed by atoms with Gasteiger partial charge in [0, 0.05) is 26.2 Å². The molecule has 2 N–H and O–H groups in total. The second kappa shape index (κ2) is 7.23. The zero-order chi connectivity index (χ0) is 15.4. The van der Waals surface area contributed by atoms with E-state index in [2.05, 4.69) is 23.8 Å².